The van der Waals surface area contributed by atoms with Crippen LogP contribution >= 0.6 is 0 Å². The van der Waals surface area contributed by atoms with Gasteiger partial charge < -0.3 is 5.92 Å². The van der Waals surface area contributed by atoms with Gasteiger partial charge >= 0.3 is 0 Å². The topological polar surface area (TPSA) is 0 Å². The van der Waals surface area contributed by atoms with Gasteiger partial charge in [0.25, 0.3) is 0 Å². The minimum Gasteiger partial charge on any atom is -0.313 e. The van der Waals surface area contributed by atoms with Crippen LogP contribution in [0.15, 0.2) is 0 Å². The minimum absolute atomic E-state index is 0.735. The van der Waals surface area contributed by atoms with Gasteiger partial charge in [0.1, 0.15) is 0 Å². The molecule has 0 N–H and O–H groups in total. The highest BCUT2D eigenvalue weighted by atomic mass is 14.7. The molecular weight excluding hydrogens is 180 g/mol. The van der Waals surface area contributed by atoms with Gasteiger partial charge in [-0.15, -0.1) is 0 Å². The van der Waals surface area contributed by atoms with Gasteiger partial charge in [-0.1, -0.05) is 38.5 Å². The lowest BCUT2D eigenvalue weighted by Crippen LogP contribution is -2.65. The molecular formula is C15H25-. The summed E-state index contributed by atoms with van der Waals surface area (Å²) in [4.78, 5) is 0. The Morgan fingerprint density at radius 2 is 2.00 bits per heavy atom. The summed E-state index contributed by atoms with van der Waals surface area (Å²) in [7, 11) is 0. The van der Waals surface area contributed by atoms with E-state index in [2.05, 4.69) is 27.7 Å². The first-order chi connectivity index (χ1) is 7.05. The third-order valence-corrected chi connectivity index (χ3v) is 6.15. The molecule has 0 spiro atoms. The Morgan fingerprint density at radius 3 is 2.60 bits per heavy atom. The molecule has 4 saturated carbocycles. The van der Waals surface area contributed by atoms with Gasteiger partial charge in [-0.2, -0.15) is 19.3 Å². The molecule has 5 unspecified atom stereocenters. The highest BCUT2D eigenvalue weighted by Gasteiger charge is 2.61. The summed E-state index contributed by atoms with van der Waals surface area (Å²) in [6, 6.07) is 0. The Labute approximate surface area is 94.8 Å². The molecule has 5 atom stereocenters. The third-order valence-electron chi connectivity index (χ3n) is 6.15. The van der Waals surface area contributed by atoms with Crippen LogP contribution in [0.3, 0.4) is 0 Å². The first-order valence-electron chi connectivity index (χ1n) is 6.88. The van der Waals surface area contributed by atoms with Gasteiger partial charge in [0.2, 0.25) is 0 Å². The van der Waals surface area contributed by atoms with E-state index in [4.69, 9.17) is 0 Å². The first kappa shape index (κ1) is 10.2. The minimum atomic E-state index is 0.735. The number of rotatable bonds is 1. The smallest absolute Gasteiger partial charge is 0.0381 e. The van der Waals surface area contributed by atoms with Gasteiger partial charge in [0, 0.05) is 0 Å². The summed E-state index contributed by atoms with van der Waals surface area (Å²) in [6.07, 6.45) is 5.97. The Kier molecular flexibility index (Phi) is 2.05. The van der Waals surface area contributed by atoms with Crippen molar-refractivity contribution in [2.45, 2.75) is 53.4 Å². The number of hydrogen-bond donors (Lipinski definition) is 0. The van der Waals surface area contributed by atoms with Gasteiger partial charge in [-0.3, -0.25) is 0 Å². The summed E-state index contributed by atoms with van der Waals surface area (Å²) in [6.45, 7) is 9.90. The van der Waals surface area contributed by atoms with Crippen molar-refractivity contribution in [3.05, 3.63) is 5.92 Å². The number of fused-ring (bicyclic) bond motifs is 2. The fourth-order valence-corrected chi connectivity index (χ4v) is 5.51. The zero-order valence-electron chi connectivity index (χ0n) is 10.7. The molecule has 0 aromatic rings. The zero-order valence-corrected chi connectivity index (χ0v) is 10.7. The Morgan fingerprint density at radius 1 is 1.27 bits per heavy atom. The molecule has 0 nitrogen and oxygen atoms in total. The molecule has 0 radical (unpaired) electrons. The lowest BCUT2D eigenvalue weighted by atomic mass is 9.32. The molecule has 4 rings (SSSR count). The SMILES string of the molecule is C[C-]1CCC2C3C(C(C)C)CCC2(C)C13. The summed E-state index contributed by atoms with van der Waals surface area (Å²) >= 11 is 0. The lowest BCUT2D eigenvalue weighted by Gasteiger charge is -2.78. The van der Waals surface area contributed by atoms with Crippen LogP contribution in [0.1, 0.15) is 53.4 Å². The molecule has 86 valence electrons. The van der Waals surface area contributed by atoms with Crippen LogP contribution in [0.4, 0.5) is 0 Å². The molecule has 0 heteroatoms. The molecule has 0 saturated heterocycles. The predicted octanol–water partition coefficient (Wildman–Crippen LogP) is 4.31. The molecule has 0 aromatic carbocycles. The fraction of sp³-hybridized carbons (Fsp3) is 0.933. The van der Waals surface area contributed by atoms with Crippen LogP contribution in [0.5, 0.6) is 0 Å². The quantitative estimate of drug-likeness (QED) is 0.560. The second-order valence-electron chi connectivity index (χ2n) is 7.00. The molecule has 4 aliphatic carbocycles. The monoisotopic (exact) mass is 205 g/mol. The Bertz CT molecular complexity index is 263. The maximum atomic E-state index is 2.58. The van der Waals surface area contributed by atoms with Crippen LogP contribution in [0, 0.1) is 40.9 Å². The van der Waals surface area contributed by atoms with Crippen molar-refractivity contribution in [3.63, 3.8) is 0 Å². The predicted molar refractivity (Wildman–Crippen MR) is 64.3 cm³/mol. The average molecular weight is 205 g/mol. The molecule has 4 fully saturated rings. The maximum absolute atomic E-state index is 2.58. The van der Waals surface area contributed by atoms with E-state index >= 15 is 0 Å². The highest BCUT2D eigenvalue weighted by molar-refractivity contribution is 5.22. The van der Waals surface area contributed by atoms with Crippen molar-refractivity contribution in [1.29, 1.82) is 0 Å². The van der Waals surface area contributed by atoms with Crippen molar-refractivity contribution in [2.75, 3.05) is 0 Å². The highest BCUT2D eigenvalue weighted by Crippen LogP contribution is 2.73. The molecule has 0 amide bonds. The molecule has 15 heavy (non-hydrogen) atoms. The average Bonchev–Trinajstić information content (AvgIpc) is 2.17. The van der Waals surface area contributed by atoms with E-state index in [0.29, 0.717) is 0 Å². The van der Waals surface area contributed by atoms with E-state index < -0.39 is 0 Å². The fourth-order valence-electron chi connectivity index (χ4n) is 5.51. The molecule has 0 aliphatic heterocycles. The summed E-state index contributed by atoms with van der Waals surface area (Å²) < 4.78 is 0. The molecule has 0 aromatic heterocycles. The number of hydrogen-bond acceptors (Lipinski definition) is 0. The van der Waals surface area contributed by atoms with E-state index in [1.807, 2.05) is 5.92 Å². The third kappa shape index (κ3) is 1.09. The van der Waals surface area contributed by atoms with Crippen LogP contribution in [0.2, 0.25) is 0 Å². The van der Waals surface area contributed by atoms with Crippen molar-refractivity contribution in [2.24, 2.45) is 35.0 Å². The second-order valence-corrected chi connectivity index (χ2v) is 7.00. The van der Waals surface area contributed by atoms with Gasteiger partial charge in [-0.05, 0) is 30.6 Å². The van der Waals surface area contributed by atoms with Crippen molar-refractivity contribution in [1.82, 2.24) is 0 Å². The van der Waals surface area contributed by atoms with Crippen molar-refractivity contribution >= 4 is 0 Å². The Hall–Kier alpha value is 0. The molecule has 4 bridgehead atoms. The van der Waals surface area contributed by atoms with E-state index in [-0.39, 0.29) is 0 Å². The van der Waals surface area contributed by atoms with E-state index in [0.717, 1.165) is 35.0 Å². The van der Waals surface area contributed by atoms with Gasteiger partial charge in [0.15, 0.2) is 0 Å². The van der Waals surface area contributed by atoms with Gasteiger partial charge in [0.05, 0.1) is 0 Å². The summed E-state index contributed by atoms with van der Waals surface area (Å²) in [5, 5.41) is 0. The van der Waals surface area contributed by atoms with Crippen LogP contribution < -0.4 is 0 Å². The first-order valence-corrected chi connectivity index (χ1v) is 6.88. The van der Waals surface area contributed by atoms with Crippen LogP contribution in [-0.2, 0) is 0 Å². The van der Waals surface area contributed by atoms with Crippen molar-refractivity contribution < 1.29 is 0 Å². The lowest BCUT2D eigenvalue weighted by molar-refractivity contribution is -0.206. The van der Waals surface area contributed by atoms with E-state index in [1.165, 1.54) is 25.7 Å². The molecule has 4 aliphatic rings. The zero-order chi connectivity index (χ0) is 10.8. The molecule has 0 heterocycles. The van der Waals surface area contributed by atoms with Crippen LogP contribution in [-0.4, -0.2) is 0 Å². The normalized spacial score (nSPS) is 54.2. The summed E-state index contributed by atoms with van der Waals surface area (Å²) in [5.74, 6) is 6.98. The Balaban J connectivity index is 1.90. The summed E-state index contributed by atoms with van der Waals surface area (Å²) in [5.41, 5.74) is 0.735. The van der Waals surface area contributed by atoms with Crippen LogP contribution in [0.25, 0.3) is 0 Å². The maximum Gasteiger partial charge on any atom is -0.0381 e. The van der Waals surface area contributed by atoms with Crippen molar-refractivity contribution in [3.8, 4) is 0 Å². The van der Waals surface area contributed by atoms with Gasteiger partial charge in [-0.25, -0.2) is 0 Å². The standard InChI is InChI=1S/C15H25/c1-9(2)11-7-8-15(4)12-6-5-10(3)14(15)13(11)12/h9,11-14H,5-8H2,1-4H3/q-1. The van der Waals surface area contributed by atoms with E-state index in [1.54, 1.807) is 0 Å². The van der Waals surface area contributed by atoms with E-state index in [9.17, 15) is 0 Å². The second kappa shape index (κ2) is 3.02. The largest absolute Gasteiger partial charge is 0.313 e.